The van der Waals surface area contributed by atoms with Crippen LogP contribution in [0, 0.1) is 23.4 Å². The van der Waals surface area contributed by atoms with Gasteiger partial charge in [-0.15, -0.1) is 0 Å². The molecule has 0 aliphatic carbocycles. The number of carbonyl (C=O) groups excluding carboxylic acids is 2. The van der Waals surface area contributed by atoms with Crippen LogP contribution in [0.2, 0.25) is 0 Å². The SMILES string of the molecule is CC[C@@H](C)CC(=O)c1cnn2c1CN(C(=O)Nc1cc(F)c(F)c(F)c1)CC2. The highest BCUT2D eigenvalue weighted by atomic mass is 19.2. The minimum Gasteiger partial charge on any atom is -0.317 e. The Hall–Kier alpha value is -2.84. The van der Waals surface area contributed by atoms with E-state index in [4.69, 9.17) is 0 Å². The monoisotopic (exact) mass is 394 g/mol. The van der Waals surface area contributed by atoms with E-state index in [1.807, 2.05) is 13.8 Å². The number of Topliss-reactive ketones (excluding diaryl/α,β-unsaturated/α-hetero) is 1. The van der Waals surface area contributed by atoms with Crippen molar-refractivity contribution in [3.63, 3.8) is 0 Å². The number of anilines is 1. The van der Waals surface area contributed by atoms with Crippen molar-refractivity contribution in [3.05, 3.63) is 47.0 Å². The lowest BCUT2D eigenvalue weighted by atomic mass is 9.98. The van der Waals surface area contributed by atoms with Crippen LogP contribution >= 0.6 is 0 Å². The van der Waals surface area contributed by atoms with Crippen molar-refractivity contribution in [2.45, 2.75) is 39.8 Å². The minimum atomic E-state index is -1.59. The van der Waals surface area contributed by atoms with Crippen molar-refractivity contribution < 1.29 is 22.8 Å². The average Bonchev–Trinajstić information content (AvgIpc) is 3.09. The number of hydrogen-bond donors (Lipinski definition) is 1. The Bertz CT molecular complexity index is 890. The van der Waals surface area contributed by atoms with Crippen LogP contribution in [0.4, 0.5) is 23.7 Å². The highest BCUT2D eigenvalue weighted by molar-refractivity contribution is 5.97. The summed E-state index contributed by atoms with van der Waals surface area (Å²) in [6.07, 6.45) is 2.80. The Balaban J connectivity index is 1.73. The molecule has 2 aromatic rings. The molecule has 0 radical (unpaired) electrons. The molecule has 0 unspecified atom stereocenters. The summed E-state index contributed by atoms with van der Waals surface area (Å²) in [6, 6.07) is 0.829. The number of urea groups is 1. The van der Waals surface area contributed by atoms with Crippen LogP contribution in [0.15, 0.2) is 18.3 Å². The first-order chi connectivity index (χ1) is 13.3. The smallest absolute Gasteiger partial charge is 0.317 e. The molecule has 0 saturated heterocycles. The molecule has 1 aromatic heterocycles. The van der Waals surface area contributed by atoms with Crippen LogP contribution in [0.25, 0.3) is 0 Å². The summed E-state index contributed by atoms with van der Waals surface area (Å²) in [5.41, 5.74) is 0.927. The van der Waals surface area contributed by atoms with E-state index in [0.717, 1.165) is 6.42 Å². The van der Waals surface area contributed by atoms with Crippen LogP contribution in [0.1, 0.15) is 42.7 Å². The fourth-order valence-corrected chi connectivity index (χ4v) is 3.05. The number of ketones is 1. The number of nitrogens with one attached hydrogen (secondary N) is 1. The van der Waals surface area contributed by atoms with E-state index < -0.39 is 23.5 Å². The molecule has 3 rings (SSSR count). The standard InChI is InChI=1S/C19H21F3N4O2/c1-3-11(2)6-17(27)13-9-23-26-5-4-25(10-16(13)26)19(28)24-12-7-14(20)18(22)15(21)8-12/h7-9,11H,3-6,10H2,1-2H3,(H,24,28)/t11-/m1/s1. The van der Waals surface area contributed by atoms with Crippen LogP contribution in [0.5, 0.6) is 0 Å². The largest absolute Gasteiger partial charge is 0.322 e. The Labute approximate surface area is 160 Å². The molecule has 9 heteroatoms. The molecule has 1 N–H and O–H groups in total. The van der Waals surface area contributed by atoms with Gasteiger partial charge in [-0.3, -0.25) is 9.48 Å². The van der Waals surface area contributed by atoms with E-state index in [1.54, 1.807) is 4.68 Å². The van der Waals surface area contributed by atoms with Gasteiger partial charge in [0.15, 0.2) is 23.2 Å². The van der Waals surface area contributed by atoms with Gasteiger partial charge < -0.3 is 10.2 Å². The predicted molar refractivity (Wildman–Crippen MR) is 96.4 cm³/mol. The molecule has 6 nitrogen and oxygen atoms in total. The molecule has 2 amide bonds. The maximum Gasteiger partial charge on any atom is 0.322 e. The third-order valence-corrected chi connectivity index (χ3v) is 4.92. The van der Waals surface area contributed by atoms with Crippen LogP contribution < -0.4 is 5.32 Å². The zero-order valence-electron chi connectivity index (χ0n) is 15.6. The third kappa shape index (κ3) is 4.02. The van der Waals surface area contributed by atoms with E-state index in [-0.39, 0.29) is 23.9 Å². The average molecular weight is 394 g/mol. The molecule has 1 aliphatic heterocycles. The van der Waals surface area contributed by atoms with Gasteiger partial charge in [0.1, 0.15) is 0 Å². The molecule has 28 heavy (non-hydrogen) atoms. The quantitative estimate of drug-likeness (QED) is 0.616. The van der Waals surface area contributed by atoms with Gasteiger partial charge >= 0.3 is 6.03 Å². The zero-order valence-corrected chi connectivity index (χ0v) is 15.6. The molecule has 0 saturated carbocycles. The van der Waals surface area contributed by atoms with Gasteiger partial charge in [0.2, 0.25) is 0 Å². The second-order valence-corrected chi connectivity index (χ2v) is 6.97. The molecule has 0 fully saturated rings. The van der Waals surface area contributed by atoms with Gasteiger partial charge in [0.25, 0.3) is 0 Å². The van der Waals surface area contributed by atoms with Crippen LogP contribution in [-0.4, -0.2) is 33.0 Å². The number of halogens is 3. The lowest BCUT2D eigenvalue weighted by Gasteiger charge is -2.28. The summed E-state index contributed by atoms with van der Waals surface area (Å²) in [5, 5.41) is 6.58. The van der Waals surface area contributed by atoms with Crippen molar-refractivity contribution in [2.75, 3.05) is 11.9 Å². The molecule has 0 bridgehead atoms. The normalized spacial score (nSPS) is 14.5. The predicted octanol–water partition coefficient (Wildman–Crippen LogP) is 3.97. The fraction of sp³-hybridized carbons (Fsp3) is 0.421. The number of carbonyl (C=O) groups is 2. The third-order valence-electron chi connectivity index (χ3n) is 4.92. The van der Waals surface area contributed by atoms with Gasteiger partial charge in [-0.2, -0.15) is 5.10 Å². The Morgan fingerprint density at radius 2 is 1.89 bits per heavy atom. The summed E-state index contributed by atoms with van der Waals surface area (Å²) in [7, 11) is 0. The van der Waals surface area contributed by atoms with Crippen LogP contribution in [0.3, 0.4) is 0 Å². The van der Waals surface area contributed by atoms with E-state index in [0.29, 0.717) is 42.9 Å². The first-order valence-electron chi connectivity index (χ1n) is 9.08. The maximum absolute atomic E-state index is 13.3. The first-order valence-corrected chi connectivity index (χ1v) is 9.08. The Morgan fingerprint density at radius 3 is 2.54 bits per heavy atom. The zero-order chi connectivity index (χ0) is 20.4. The molecular formula is C19H21F3N4O2. The molecule has 2 heterocycles. The van der Waals surface area contributed by atoms with Crippen molar-refractivity contribution in [2.24, 2.45) is 5.92 Å². The molecule has 150 valence electrons. The molecule has 1 aromatic carbocycles. The second-order valence-electron chi connectivity index (χ2n) is 6.97. The van der Waals surface area contributed by atoms with E-state index in [2.05, 4.69) is 10.4 Å². The number of rotatable bonds is 5. The molecular weight excluding hydrogens is 373 g/mol. The molecule has 0 spiro atoms. The number of nitrogens with zero attached hydrogens (tertiary/aromatic N) is 3. The van der Waals surface area contributed by atoms with Crippen molar-refractivity contribution >= 4 is 17.5 Å². The van der Waals surface area contributed by atoms with E-state index in [9.17, 15) is 22.8 Å². The highest BCUT2D eigenvalue weighted by Crippen LogP contribution is 2.22. The maximum atomic E-state index is 13.3. The van der Waals surface area contributed by atoms with Gasteiger partial charge in [0.05, 0.1) is 30.5 Å². The minimum absolute atomic E-state index is 0.0273. The number of hydrogen-bond acceptors (Lipinski definition) is 3. The fourth-order valence-electron chi connectivity index (χ4n) is 3.05. The summed E-state index contributed by atoms with van der Waals surface area (Å²) in [5.74, 6) is -4.14. The lowest BCUT2D eigenvalue weighted by molar-refractivity contribution is 0.0960. The van der Waals surface area contributed by atoms with Crippen molar-refractivity contribution in [1.29, 1.82) is 0 Å². The van der Waals surface area contributed by atoms with Crippen molar-refractivity contribution in [1.82, 2.24) is 14.7 Å². The number of benzene rings is 1. The van der Waals surface area contributed by atoms with E-state index in [1.165, 1.54) is 11.1 Å². The van der Waals surface area contributed by atoms with E-state index >= 15 is 0 Å². The number of fused-ring (bicyclic) bond motifs is 1. The second kappa shape index (κ2) is 8.04. The van der Waals surface area contributed by atoms with Gasteiger partial charge in [-0.1, -0.05) is 20.3 Å². The van der Waals surface area contributed by atoms with Crippen LogP contribution in [-0.2, 0) is 13.1 Å². The Kier molecular flexibility index (Phi) is 5.71. The molecule has 1 aliphatic rings. The Morgan fingerprint density at radius 1 is 1.21 bits per heavy atom. The highest BCUT2D eigenvalue weighted by Gasteiger charge is 2.27. The summed E-state index contributed by atoms with van der Waals surface area (Å²) >= 11 is 0. The lowest BCUT2D eigenvalue weighted by Crippen LogP contribution is -2.41. The number of aromatic nitrogens is 2. The molecule has 1 atom stereocenters. The summed E-state index contributed by atoms with van der Waals surface area (Å²) in [6.45, 7) is 4.85. The summed E-state index contributed by atoms with van der Waals surface area (Å²) < 4.78 is 41.4. The number of amides is 2. The van der Waals surface area contributed by atoms with Gasteiger partial charge in [-0.05, 0) is 5.92 Å². The van der Waals surface area contributed by atoms with Gasteiger partial charge in [-0.25, -0.2) is 18.0 Å². The first kappa shape index (κ1) is 19.9. The van der Waals surface area contributed by atoms with Crippen molar-refractivity contribution in [3.8, 4) is 0 Å². The summed E-state index contributed by atoms with van der Waals surface area (Å²) in [4.78, 5) is 26.4. The van der Waals surface area contributed by atoms with Gasteiger partial charge in [0, 0.05) is 30.8 Å². The topological polar surface area (TPSA) is 67.2 Å².